The topological polar surface area (TPSA) is 21.3 Å². The Morgan fingerprint density at radius 1 is 1.10 bits per heavy atom. The van der Waals surface area contributed by atoms with E-state index in [1.54, 1.807) is 25.1 Å². The van der Waals surface area contributed by atoms with Gasteiger partial charge in [0, 0.05) is 11.6 Å². The van der Waals surface area contributed by atoms with Gasteiger partial charge in [-0.25, -0.2) is 8.78 Å². The lowest BCUT2D eigenvalue weighted by atomic mass is 9.97. The number of methoxy groups -OCH3 is 1. The van der Waals surface area contributed by atoms with Gasteiger partial charge in [-0.2, -0.15) is 0 Å². The van der Waals surface area contributed by atoms with E-state index < -0.39 is 6.04 Å². The molecule has 2 aromatic carbocycles. The van der Waals surface area contributed by atoms with Crippen LogP contribution in [-0.4, -0.2) is 13.7 Å². The Morgan fingerprint density at radius 3 is 2.43 bits per heavy atom. The number of hydrogen-bond acceptors (Lipinski definition) is 2. The summed E-state index contributed by atoms with van der Waals surface area (Å²) in [4.78, 5) is 0. The molecule has 112 valence electrons. The molecule has 0 heterocycles. The summed E-state index contributed by atoms with van der Waals surface area (Å²) in [6.07, 6.45) is 0. The Bertz CT molecular complexity index is 628. The fraction of sp³-hybridized carbons (Fsp3) is 0.294. The highest BCUT2D eigenvalue weighted by molar-refractivity contribution is 5.38. The molecule has 0 saturated carbocycles. The summed E-state index contributed by atoms with van der Waals surface area (Å²) in [6, 6.07) is 9.28. The van der Waals surface area contributed by atoms with Gasteiger partial charge in [0.1, 0.15) is 17.4 Å². The average molecular weight is 291 g/mol. The van der Waals surface area contributed by atoms with Crippen LogP contribution >= 0.6 is 0 Å². The molecule has 0 fully saturated rings. The van der Waals surface area contributed by atoms with Crippen molar-refractivity contribution in [3.05, 3.63) is 64.7 Å². The van der Waals surface area contributed by atoms with Crippen LogP contribution in [0, 0.1) is 18.6 Å². The second-order valence-electron chi connectivity index (χ2n) is 4.89. The highest BCUT2D eigenvalue weighted by atomic mass is 19.1. The van der Waals surface area contributed by atoms with Gasteiger partial charge in [-0.3, -0.25) is 0 Å². The van der Waals surface area contributed by atoms with Gasteiger partial charge in [-0.05, 0) is 36.7 Å². The smallest absolute Gasteiger partial charge is 0.132 e. The molecule has 0 saturated heterocycles. The van der Waals surface area contributed by atoms with E-state index in [0.29, 0.717) is 29.0 Å². The monoisotopic (exact) mass is 291 g/mol. The van der Waals surface area contributed by atoms with Gasteiger partial charge in [-0.1, -0.05) is 25.1 Å². The molecule has 0 spiro atoms. The second kappa shape index (κ2) is 6.68. The summed E-state index contributed by atoms with van der Waals surface area (Å²) in [5.74, 6) is -0.202. The first-order valence-electron chi connectivity index (χ1n) is 6.89. The number of benzene rings is 2. The molecule has 0 aliphatic carbocycles. The van der Waals surface area contributed by atoms with Crippen molar-refractivity contribution >= 4 is 0 Å². The van der Waals surface area contributed by atoms with Gasteiger partial charge in [0.05, 0.1) is 13.2 Å². The molecular formula is C17H19F2NO. The van der Waals surface area contributed by atoms with Gasteiger partial charge >= 0.3 is 0 Å². The molecule has 0 radical (unpaired) electrons. The summed E-state index contributed by atoms with van der Waals surface area (Å²) in [5, 5.41) is 3.19. The largest absolute Gasteiger partial charge is 0.497 e. The number of nitrogens with one attached hydrogen (secondary N) is 1. The van der Waals surface area contributed by atoms with Crippen molar-refractivity contribution in [2.75, 3.05) is 13.7 Å². The normalized spacial score (nSPS) is 12.2. The van der Waals surface area contributed by atoms with E-state index in [4.69, 9.17) is 4.74 Å². The molecule has 0 bridgehead atoms. The van der Waals surface area contributed by atoms with E-state index >= 15 is 0 Å². The molecule has 0 aliphatic heterocycles. The van der Waals surface area contributed by atoms with Crippen molar-refractivity contribution < 1.29 is 13.5 Å². The number of rotatable bonds is 5. The lowest BCUT2D eigenvalue weighted by molar-refractivity contribution is 0.410. The Labute approximate surface area is 123 Å². The highest BCUT2D eigenvalue weighted by Crippen LogP contribution is 2.28. The fourth-order valence-electron chi connectivity index (χ4n) is 2.27. The summed E-state index contributed by atoms with van der Waals surface area (Å²) >= 11 is 0. The molecule has 4 heteroatoms. The molecule has 1 unspecified atom stereocenters. The van der Waals surface area contributed by atoms with Crippen LogP contribution in [0.15, 0.2) is 36.4 Å². The molecule has 2 nitrogen and oxygen atoms in total. The zero-order valence-electron chi connectivity index (χ0n) is 12.4. The van der Waals surface area contributed by atoms with Gasteiger partial charge in [0.25, 0.3) is 0 Å². The van der Waals surface area contributed by atoms with Crippen LogP contribution in [0.25, 0.3) is 0 Å². The molecule has 0 aromatic heterocycles. The van der Waals surface area contributed by atoms with E-state index in [-0.39, 0.29) is 11.6 Å². The van der Waals surface area contributed by atoms with Crippen LogP contribution in [-0.2, 0) is 0 Å². The minimum absolute atomic E-state index is 0.288. The van der Waals surface area contributed by atoms with Crippen LogP contribution < -0.4 is 10.1 Å². The molecule has 2 rings (SSSR count). The molecule has 21 heavy (non-hydrogen) atoms. The minimum atomic E-state index is -0.393. The van der Waals surface area contributed by atoms with Gasteiger partial charge in [-0.15, -0.1) is 0 Å². The molecule has 1 N–H and O–H groups in total. The summed E-state index contributed by atoms with van der Waals surface area (Å²) in [5.41, 5.74) is 1.74. The Balaban J connectivity index is 2.45. The van der Waals surface area contributed by atoms with Crippen LogP contribution in [0.4, 0.5) is 8.78 Å². The second-order valence-corrected chi connectivity index (χ2v) is 4.89. The van der Waals surface area contributed by atoms with Gasteiger partial charge < -0.3 is 10.1 Å². The van der Waals surface area contributed by atoms with Crippen molar-refractivity contribution in [3.63, 3.8) is 0 Å². The average Bonchev–Trinajstić information content (AvgIpc) is 2.48. The van der Waals surface area contributed by atoms with Crippen LogP contribution in [0.5, 0.6) is 5.75 Å². The maximum absolute atomic E-state index is 14.3. The quantitative estimate of drug-likeness (QED) is 0.899. The third-order valence-electron chi connectivity index (χ3n) is 3.46. The molecule has 1 atom stereocenters. The lowest BCUT2D eigenvalue weighted by Gasteiger charge is -2.20. The van der Waals surface area contributed by atoms with E-state index in [1.165, 1.54) is 19.2 Å². The molecule has 0 amide bonds. The number of hydrogen-bond donors (Lipinski definition) is 1. The Kier molecular flexibility index (Phi) is 4.91. The molecular weight excluding hydrogens is 272 g/mol. The summed E-state index contributed by atoms with van der Waals surface area (Å²) < 4.78 is 33.0. The van der Waals surface area contributed by atoms with Crippen molar-refractivity contribution in [2.45, 2.75) is 19.9 Å². The Morgan fingerprint density at radius 2 is 1.86 bits per heavy atom. The predicted octanol–water partition coefficient (Wildman–Crippen LogP) is 3.98. The first-order chi connectivity index (χ1) is 10.1. The zero-order chi connectivity index (χ0) is 15.4. The molecule has 2 aromatic rings. The van der Waals surface area contributed by atoms with Crippen molar-refractivity contribution in [1.82, 2.24) is 5.32 Å². The van der Waals surface area contributed by atoms with Crippen LogP contribution in [0.3, 0.4) is 0 Å². The number of aryl methyl sites for hydroxylation is 1. The number of ether oxygens (including phenoxy) is 1. The highest BCUT2D eigenvalue weighted by Gasteiger charge is 2.18. The van der Waals surface area contributed by atoms with Crippen molar-refractivity contribution in [2.24, 2.45) is 0 Å². The van der Waals surface area contributed by atoms with Crippen LogP contribution in [0.2, 0.25) is 0 Å². The summed E-state index contributed by atoms with van der Waals surface area (Å²) in [6.45, 7) is 4.28. The van der Waals surface area contributed by atoms with Crippen molar-refractivity contribution in [1.29, 1.82) is 0 Å². The maximum atomic E-state index is 14.3. The fourth-order valence-corrected chi connectivity index (χ4v) is 2.27. The third kappa shape index (κ3) is 3.39. The van der Waals surface area contributed by atoms with Gasteiger partial charge in [0.2, 0.25) is 0 Å². The lowest BCUT2D eigenvalue weighted by Crippen LogP contribution is -2.23. The SMILES string of the molecule is CCNC(c1ccc(C)c(F)c1)c1ccc(OC)cc1F. The predicted molar refractivity (Wildman–Crippen MR) is 79.6 cm³/mol. The van der Waals surface area contributed by atoms with Crippen LogP contribution in [0.1, 0.15) is 29.7 Å². The first-order valence-corrected chi connectivity index (χ1v) is 6.89. The van der Waals surface area contributed by atoms with E-state index in [0.717, 1.165) is 0 Å². The van der Waals surface area contributed by atoms with E-state index in [9.17, 15) is 8.78 Å². The summed E-state index contributed by atoms with van der Waals surface area (Å²) in [7, 11) is 1.49. The third-order valence-corrected chi connectivity index (χ3v) is 3.46. The maximum Gasteiger partial charge on any atom is 0.132 e. The Hall–Kier alpha value is -1.94. The first kappa shape index (κ1) is 15.4. The van der Waals surface area contributed by atoms with E-state index in [2.05, 4.69) is 5.32 Å². The standard InChI is InChI=1S/C17H19F2NO/c1-4-20-17(12-6-5-11(2)15(18)9-12)14-8-7-13(21-3)10-16(14)19/h5-10,17,20H,4H2,1-3H3. The van der Waals surface area contributed by atoms with Gasteiger partial charge in [0.15, 0.2) is 0 Å². The minimum Gasteiger partial charge on any atom is -0.497 e. The van der Waals surface area contributed by atoms with E-state index in [1.807, 2.05) is 13.0 Å². The molecule has 0 aliphatic rings. The zero-order valence-corrected chi connectivity index (χ0v) is 12.4. The number of halogens is 2. The van der Waals surface area contributed by atoms with Crippen molar-refractivity contribution in [3.8, 4) is 5.75 Å².